The maximum Gasteiger partial charge on any atom is 0.255 e. The number of nitrogens with zero attached hydrogens (tertiary/aromatic N) is 6. The Morgan fingerprint density at radius 3 is 2.71 bits per heavy atom. The van der Waals surface area contributed by atoms with Crippen molar-refractivity contribution in [2.24, 2.45) is 7.05 Å². The molecule has 0 aromatic carbocycles. The van der Waals surface area contributed by atoms with Crippen LogP contribution in [0.25, 0.3) is 11.5 Å². The van der Waals surface area contributed by atoms with Crippen molar-refractivity contribution >= 4 is 5.91 Å². The van der Waals surface area contributed by atoms with E-state index in [4.69, 9.17) is 4.98 Å². The molecule has 28 heavy (non-hydrogen) atoms. The molecule has 1 amide bonds. The second kappa shape index (κ2) is 7.50. The average molecular weight is 376 g/mol. The fraction of sp³-hybridized carbons (Fsp3) is 0.381. The highest BCUT2D eigenvalue weighted by Gasteiger charge is 2.28. The fourth-order valence-electron chi connectivity index (χ4n) is 3.65. The van der Waals surface area contributed by atoms with Crippen LogP contribution in [0.15, 0.2) is 36.8 Å². The van der Waals surface area contributed by atoms with Crippen LogP contribution < -0.4 is 0 Å². The Bertz CT molecular complexity index is 994. The van der Waals surface area contributed by atoms with Crippen LogP contribution in [0, 0.1) is 13.8 Å². The minimum absolute atomic E-state index is 0.0224. The molecule has 0 aliphatic carbocycles. The number of carbonyl (C=O) groups is 1. The number of hydrogen-bond donors (Lipinski definition) is 0. The lowest BCUT2D eigenvalue weighted by Crippen LogP contribution is -2.39. The molecule has 0 spiro atoms. The summed E-state index contributed by atoms with van der Waals surface area (Å²) < 4.78 is 1.95. The largest absolute Gasteiger partial charge is 0.338 e. The molecule has 1 unspecified atom stereocenters. The quantitative estimate of drug-likeness (QED) is 0.702. The molecule has 1 aliphatic rings. The van der Waals surface area contributed by atoms with Gasteiger partial charge >= 0.3 is 0 Å². The molecule has 7 heteroatoms. The van der Waals surface area contributed by atoms with E-state index in [-0.39, 0.29) is 11.8 Å². The second-order valence-corrected chi connectivity index (χ2v) is 7.39. The molecule has 3 aromatic rings. The van der Waals surface area contributed by atoms with Gasteiger partial charge in [-0.1, -0.05) is 0 Å². The van der Waals surface area contributed by atoms with E-state index in [1.807, 2.05) is 54.8 Å². The van der Waals surface area contributed by atoms with E-state index in [1.165, 1.54) is 0 Å². The van der Waals surface area contributed by atoms with Crippen LogP contribution in [0.4, 0.5) is 0 Å². The minimum atomic E-state index is 0.0224. The number of likely N-dealkylation sites (tertiary alicyclic amines) is 1. The second-order valence-electron chi connectivity index (χ2n) is 7.39. The number of aromatic nitrogens is 5. The number of aryl methyl sites for hydroxylation is 3. The Hall–Kier alpha value is -3.09. The van der Waals surface area contributed by atoms with Crippen molar-refractivity contribution in [2.75, 3.05) is 13.1 Å². The number of rotatable bonds is 3. The Kier molecular flexibility index (Phi) is 4.90. The van der Waals surface area contributed by atoms with Gasteiger partial charge in [-0.3, -0.25) is 9.78 Å². The average Bonchev–Trinajstić information content (AvgIpc) is 3.13. The van der Waals surface area contributed by atoms with Crippen molar-refractivity contribution in [3.05, 3.63) is 59.6 Å². The van der Waals surface area contributed by atoms with Crippen LogP contribution in [-0.2, 0) is 7.05 Å². The van der Waals surface area contributed by atoms with Crippen molar-refractivity contribution in [3.63, 3.8) is 0 Å². The number of piperidine rings is 1. The van der Waals surface area contributed by atoms with Crippen LogP contribution in [0.2, 0.25) is 0 Å². The van der Waals surface area contributed by atoms with Crippen molar-refractivity contribution in [1.29, 1.82) is 0 Å². The third kappa shape index (κ3) is 3.65. The standard InChI is InChI=1S/C21H24N6O/c1-14-6-7-16(12-23-14)21(28)27-9-4-5-17(13-27)19-24-15(2)11-18(25-19)20-22-8-10-26(20)3/h6-8,10-12,17H,4-5,9,13H2,1-3H3. The van der Waals surface area contributed by atoms with Crippen LogP contribution in [0.3, 0.4) is 0 Å². The highest BCUT2D eigenvalue weighted by atomic mass is 16.2. The number of carbonyl (C=O) groups excluding carboxylic acids is 1. The third-order valence-electron chi connectivity index (χ3n) is 5.15. The molecule has 1 aliphatic heterocycles. The predicted octanol–water partition coefficient (Wildman–Crippen LogP) is 2.91. The molecule has 1 fully saturated rings. The Balaban J connectivity index is 1.58. The zero-order chi connectivity index (χ0) is 19.7. The molecular formula is C21H24N6O. The summed E-state index contributed by atoms with van der Waals surface area (Å²) in [5, 5.41) is 0. The van der Waals surface area contributed by atoms with Crippen LogP contribution >= 0.6 is 0 Å². The van der Waals surface area contributed by atoms with Crippen LogP contribution in [0.1, 0.15) is 46.3 Å². The summed E-state index contributed by atoms with van der Waals surface area (Å²) in [5.74, 6) is 1.75. The van der Waals surface area contributed by atoms with Gasteiger partial charge in [0.05, 0.1) is 5.56 Å². The van der Waals surface area contributed by atoms with Crippen molar-refractivity contribution in [2.45, 2.75) is 32.6 Å². The van der Waals surface area contributed by atoms with Crippen molar-refractivity contribution < 1.29 is 4.79 Å². The molecule has 4 heterocycles. The molecule has 144 valence electrons. The SMILES string of the molecule is Cc1ccc(C(=O)N2CCCC(c3nc(C)cc(-c4nccn4C)n3)C2)cn1. The van der Waals surface area contributed by atoms with Gasteiger partial charge in [-0.15, -0.1) is 0 Å². The lowest BCUT2D eigenvalue weighted by molar-refractivity contribution is 0.0704. The maximum atomic E-state index is 12.9. The van der Waals surface area contributed by atoms with E-state index in [0.717, 1.165) is 48.1 Å². The Morgan fingerprint density at radius 2 is 2.00 bits per heavy atom. The zero-order valence-electron chi connectivity index (χ0n) is 16.5. The first-order valence-corrected chi connectivity index (χ1v) is 9.56. The summed E-state index contributed by atoms with van der Waals surface area (Å²) in [4.78, 5) is 32.9. The molecule has 0 bridgehead atoms. The van der Waals surface area contributed by atoms with Gasteiger partial charge in [0, 0.05) is 56.0 Å². The summed E-state index contributed by atoms with van der Waals surface area (Å²) in [6.45, 7) is 5.26. The molecule has 3 aromatic heterocycles. The first-order chi connectivity index (χ1) is 13.5. The van der Waals surface area contributed by atoms with E-state index >= 15 is 0 Å². The van der Waals surface area contributed by atoms with Gasteiger partial charge in [0.1, 0.15) is 11.5 Å². The maximum absolute atomic E-state index is 12.9. The number of hydrogen-bond acceptors (Lipinski definition) is 5. The van der Waals surface area contributed by atoms with Gasteiger partial charge in [0.25, 0.3) is 5.91 Å². The van der Waals surface area contributed by atoms with Gasteiger partial charge in [0.15, 0.2) is 5.82 Å². The lowest BCUT2D eigenvalue weighted by Gasteiger charge is -2.32. The molecule has 4 rings (SSSR count). The smallest absolute Gasteiger partial charge is 0.255 e. The van der Waals surface area contributed by atoms with E-state index in [2.05, 4.69) is 15.0 Å². The summed E-state index contributed by atoms with van der Waals surface area (Å²) >= 11 is 0. The van der Waals surface area contributed by atoms with Crippen LogP contribution in [0.5, 0.6) is 0 Å². The van der Waals surface area contributed by atoms with E-state index in [9.17, 15) is 4.79 Å². The van der Waals surface area contributed by atoms with Gasteiger partial charge in [0.2, 0.25) is 0 Å². The summed E-state index contributed by atoms with van der Waals surface area (Å²) in [6.07, 6.45) is 7.24. The Labute approximate surface area is 164 Å². The third-order valence-corrected chi connectivity index (χ3v) is 5.15. The first-order valence-electron chi connectivity index (χ1n) is 9.56. The number of amides is 1. The first kappa shape index (κ1) is 18.3. The van der Waals surface area contributed by atoms with E-state index in [1.54, 1.807) is 12.4 Å². The molecular weight excluding hydrogens is 352 g/mol. The zero-order valence-corrected chi connectivity index (χ0v) is 16.5. The molecule has 0 saturated carbocycles. The topological polar surface area (TPSA) is 76.8 Å². The van der Waals surface area contributed by atoms with E-state index in [0.29, 0.717) is 12.1 Å². The van der Waals surface area contributed by atoms with Crippen LogP contribution in [-0.4, -0.2) is 48.4 Å². The highest BCUT2D eigenvalue weighted by molar-refractivity contribution is 5.94. The summed E-state index contributed by atoms with van der Waals surface area (Å²) in [7, 11) is 1.95. The normalized spacial score (nSPS) is 17.0. The Morgan fingerprint density at radius 1 is 1.14 bits per heavy atom. The van der Waals surface area contributed by atoms with Gasteiger partial charge in [-0.25, -0.2) is 15.0 Å². The molecule has 0 radical (unpaired) electrons. The summed E-state index contributed by atoms with van der Waals surface area (Å²) in [6, 6.07) is 5.67. The van der Waals surface area contributed by atoms with E-state index < -0.39 is 0 Å². The molecule has 0 N–H and O–H groups in total. The number of pyridine rings is 1. The lowest BCUT2D eigenvalue weighted by atomic mass is 9.96. The highest BCUT2D eigenvalue weighted by Crippen LogP contribution is 2.27. The van der Waals surface area contributed by atoms with Gasteiger partial charge < -0.3 is 9.47 Å². The molecule has 7 nitrogen and oxygen atoms in total. The number of imidazole rings is 1. The fourth-order valence-corrected chi connectivity index (χ4v) is 3.65. The predicted molar refractivity (Wildman–Crippen MR) is 106 cm³/mol. The monoisotopic (exact) mass is 376 g/mol. The van der Waals surface area contributed by atoms with Crippen molar-refractivity contribution in [1.82, 2.24) is 29.4 Å². The van der Waals surface area contributed by atoms with Crippen molar-refractivity contribution in [3.8, 4) is 11.5 Å². The molecule has 1 atom stereocenters. The van der Waals surface area contributed by atoms with Gasteiger partial charge in [-0.05, 0) is 44.9 Å². The van der Waals surface area contributed by atoms with Gasteiger partial charge in [-0.2, -0.15) is 0 Å². The minimum Gasteiger partial charge on any atom is -0.338 e. The molecule has 1 saturated heterocycles. The summed E-state index contributed by atoms with van der Waals surface area (Å²) in [5.41, 5.74) is 3.27.